The summed E-state index contributed by atoms with van der Waals surface area (Å²) in [5.74, 6) is 1.14. The molecule has 0 aliphatic heterocycles. The summed E-state index contributed by atoms with van der Waals surface area (Å²) in [4.78, 5) is 4.10. The Hall–Kier alpha value is -1.80. The Bertz CT molecular complexity index is 412. The van der Waals surface area contributed by atoms with Crippen molar-refractivity contribution in [1.29, 1.82) is 5.26 Å². The Labute approximate surface area is 108 Å². The second-order valence-electron chi connectivity index (χ2n) is 4.53. The van der Waals surface area contributed by atoms with Crippen LogP contribution in [0.1, 0.15) is 25.8 Å². The van der Waals surface area contributed by atoms with Gasteiger partial charge in [-0.05, 0) is 18.4 Å². The van der Waals surface area contributed by atoms with Crippen molar-refractivity contribution in [2.45, 2.75) is 20.3 Å². The minimum Gasteiger partial charge on any atom is -0.397 e. The van der Waals surface area contributed by atoms with Crippen LogP contribution < -0.4 is 11.1 Å². The third-order valence-electron chi connectivity index (χ3n) is 2.24. The number of nitrogens with one attached hydrogen (secondary N) is 1. The Balaban J connectivity index is 2.29. The summed E-state index contributed by atoms with van der Waals surface area (Å²) in [6.45, 7) is 6.46. The summed E-state index contributed by atoms with van der Waals surface area (Å²) in [5, 5.41) is 12.0. The van der Waals surface area contributed by atoms with Crippen LogP contribution in [0.15, 0.2) is 12.3 Å². The lowest BCUT2D eigenvalue weighted by molar-refractivity contribution is 0.110. The quantitative estimate of drug-likeness (QED) is 0.721. The molecule has 0 bridgehead atoms. The minimum absolute atomic E-state index is 0.470. The molecule has 0 radical (unpaired) electrons. The van der Waals surface area contributed by atoms with Gasteiger partial charge >= 0.3 is 0 Å². The first-order chi connectivity index (χ1) is 8.63. The highest BCUT2D eigenvalue weighted by molar-refractivity contribution is 5.57. The fraction of sp³-hybridized carbons (Fsp3) is 0.538. The molecule has 5 nitrogen and oxygen atoms in total. The van der Waals surface area contributed by atoms with E-state index in [1.54, 1.807) is 12.3 Å². The number of nitrogens with two attached hydrogens (primary N) is 1. The molecule has 1 aromatic rings. The van der Waals surface area contributed by atoms with Gasteiger partial charge in [-0.15, -0.1) is 0 Å². The van der Waals surface area contributed by atoms with Gasteiger partial charge in [0.2, 0.25) is 0 Å². The highest BCUT2D eigenvalue weighted by atomic mass is 16.5. The zero-order chi connectivity index (χ0) is 13.4. The number of nitrogens with zero attached hydrogens (tertiary/aromatic N) is 2. The number of pyridine rings is 1. The Morgan fingerprint density at radius 1 is 1.56 bits per heavy atom. The first-order valence-electron chi connectivity index (χ1n) is 6.10. The van der Waals surface area contributed by atoms with Crippen molar-refractivity contribution in [3.8, 4) is 6.07 Å². The van der Waals surface area contributed by atoms with Crippen molar-refractivity contribution in [3.05, 3.63) is 17.8 Å². The van der Waals surface area contributed by atoms with Gasteiger partial charge in [0.1, 0.15) is 11.9 Å². The maximum Gasteiger partial charge on any atom is 0.144 e. The summed E-state index contributed by atoms with van der Waals surface area (Å²) >= 11 is 0. The normalized spacial score (nSPS) is 10.3. The van der Waals surface area contributed by atoms with Gasteiger partial charge in [0.15, 0.2) is 0 Å². The first-order valence-corrected chi connectivity index (χ1v) is 6.10. The number of nitrogen functional groups attached to an aromatic ring is 1. The fourth-order valence-corrected chi connectivity index (χ4v) is 1.41. The van der Waals surface area contributed by atoms with Crippen molar-refractivity contribution in [2.75, 3.05) is 30.8 Å². The number of ether oxygens (including phenoxy) is 1. The molecule has 18 heavy (non-hydrogen) atoms. The molecule has 1 rings (SSSR count). The molecule has 5 heteroatoms. The maximum atomic E-state index is 8.93. The number of anilines is 2. The van der Waals surface area contributed by atoms with Gasteiger partial charge in [0.25, 0.3) is 0 Å². The third-order valence-corrected chi connectivity index (χ3v) is 2.24. The number of rotatable bonds is 7. The van der Waals surface area contributed by atoms with Gasteiger partial charge in [-0.3, -0.25) is 0 Å². The maximum absolute atomic E-state index is 8.93. The minimum atomic E-state index is 0.470. The molecule has 0 aromatic carbocycles. The van der Waals surface area contributed by atoms with Gasteiger partial charge in [-0.1, -0.05) is 13.8 Å². The van der Waals surface area contributed by atoms with E-state index in [1.165, 1.54) is 0 Å². The SMILES string of the molecule is CC(C)COCCCNc1ncc(N)cc1C#N. The second kappa shape index (κ2) is 7.51. The molecule has 0 fully saturated rings. The number of nitriles is 1. The van der Waals surface area contributed by atoms with Crippen LogP contribution in [0.3, 0.4) is 0 Å². The average molecular weight is 248 g/mol. The van der Waals surface area contributed by atoms with Crippen LogP contribution in [-0.4, -0.2) is 24.7 Å². The largest absolute Gasteiger partial charge is 0.397 e. The molecule has 0 saturated carbocycles. The molecule has 0 aliphatic carbocycles. The highest BCUT2D eigenvalue weighted by Gasteiger charge is 2.03. The third kappa shape index (κ3) is 5.02. The Morgan fingerprint density at radius 3 is 3.00 bits per heavy atom. The van der Waals surface area contributed by atoms with E-state index in [2.05, 4.69) is 30.2 Å². The monoisotopic (exact) mass is 248 g/mol. The molecular formula is C13H20N4O. The molecule has 1 heterocycles. The van der Waals surface area contributed by atoms with Crippen LogP contribution in [0.2, 0.25) is 0 Å². The average Bonchev–Trinajstić information content (AvgIpc) is 2.34. The lowest BCUT2D eigenvalue weighted by Gasteiger charge is -2.09. The van der Waals surface area contributed by atoms with E-state index in [4.69, 9.17) is 15.7 Å². The summed E-state index contributed by atoms with van der Waals surface area (Å²) in [6, 6.07) is 3.68. The van der Waals surface area contributed by atoms with Gasteiger partial charge in [-0.25, -0.2) is 4.98 Å². The van der Waals surface area contributed by atoms with Crippen LogP contribution in [0.25, 0.3) is 0 Å². The van der Waals surface area contributed by atoms with Crippen LogP contribution in [0.5, 0.6) is 0 Å². The van der Waals surface area contributed by atoms with Crippen molar-refractivity contribution in [3.63, 3.8) is 0 Å². The van der Waals surface area contributed by atoms with Gasteiger partial charge < -0.3 is 15.8 Å². The smallest absolute Gasteiger partial charge is 0.144 e. The number of aromatic nitrogens is 1. The van der Waals surface area contributed by atoms with Crippen molar-refractivity contribution >= 4 is 11.5 Å². The zero-order valence-corrected chi connectivity index (χ0v) is 10.9. The van der Waals surface area contributed by atoms with E-state index in [0.717, 1.165) is 19.6 Å². The standard InChI is InChI=1S/C13H20N4O/c1-10(2)9-18-5-3-4-16-13-11(7-14)6-12(15)8-17-13/h6,8,10H,3-5,9,15H2,1-2H3,(H,16,17). The van der Waals surface area contributed by atoms with Crippen LogP contribution in [0, 0.1) is 17.2 Å². The zero-order valence-electron chi connectivity index (χ0n) is 10.9. The molecule has 0 spiro atoms. The Morgan fingerprint density at radius 2 is 2.33 bits per heavy atom. The molecule has 0 atom stereocenters. The predicted octanol–water partition coefficient (Wildman–Crippen LogP) is 2.01. The van der Waals surface area contributed by atoms with E-state index in [1.807, 2.05) is 0 Å². The van der Waals surface area contributed by atoms with E-state index in [0.29, 0.717) is 29.6 Å². The molecule has 98 valence electrons. The fourth-order valence-electron chi connectivity index (χ4n) is 1.41. The molecule has 3 N–H and O–H groups in total. The summed E-state index contributed by atoms with van der Waals surface area (Å²) in [5.41, 5.74) is 6.53. The number of hydrogen-bond donors (Lipinski definition) is 2. The Kier molecular flexibility index (Phi) is 5.95. The van der Waals surface area contributed by atoms with Crippen LogP contribution >= 0.6 is 0 Å². The lowest BCUT2D eigenvalue weighted by Crippen LogP contribution is -2.10. The van der Waals surface area contributed by atoms with E-state index in [9.17, 15) is 0 Å². The van der Waals surface area contributed by atoms with E-state index in [-0.39, 0.29) is 0 Å². The summed E-state index contributed by atoms with van der Waals surface area (Å²) in [7, 11) is 0. The lowest BCUT2D eigenvalue weighted by atomic mass is 10.2. The van der Waals surface area contributed by atoms with E-state index >= 15 is 0 Å². The first kappa shape index (κ1) is 14.3. The molecule has 0 aliphatic rings. The van der Waals surface area contributed by atoms with Gasteiger partial charge in [-0.2, -0.15) is 5.26 Å². The predicted molar refractivity (Wildman–Crippen MR) is 72.1 cm³/mol. The van der Waals surface area contributed by atoms with Crippen molar-refractivity contribution in [1.82, 2.24) is 4.98 Å². The van der Waals surface area contributed by atoms with Crippen LogP contribution in [-0.2, 0) is 4.74 Å². The second-order valence-corrected chi connectivity index (χ2v) is 4.53. The van der Waals surface area contributed by atoms with Crippen LogP contribution in [0.4, 0.5) is 11.5 Å². The van der Waals surface area contributed by atoms with E-state index < -0.39 is 0 Å². The molecular weight excluding hydrogens is 228 g/mol. The van der Waals surface area contributed by atoms with Gasteiger partial charge in [0, 0.05) is 19.8 Å². The van der Waals surface area contributed by atoms with Crippen molar-refractivity contribution < 1.29 is 4.74 Å². The van der Waals surface area contributed by atoms with Gasteiger partial charge in [0.05, 0.1) is 17.4 Å². The molecule has 0 unspecified atom stereocenters. The topological polar surface area (TPSA) is 84.0 Å². The summed E-state index contributed by atoms with van der Waals surface area (Å²) in [6.07, 6.45) is 2.42. The molecule has 1 aromatic heterocycles. The summed E-state index contributed by atoms with van der Waals surface area (Å²) < 4.78 is 5.46. The number of hydrogen-bond acceptors (Lipinski definition) is 5. The van der Waals surface area contributed by atoms with Crippen molar-refractivity contribution in [2.24, 2.45) is 5.92 Å². The molecule has 0 saturated heterocycles. The molecule has 0 amide bonds. The highest BCUT2D eigenvalue weighted by Crippen LogP contribution is 2.13.